The number of ether oxygens (including phenoxy) is 1. The molecule has 0 aliphatic carbocycles. The minimum atomic E-state index is -1.39. The molecule has 5 heteroatoms. The summed E-state index contributed by atoms with van der Waals surface area (Å²) < 4.78 is 6.07. The first kappa shape index (κ1) is 11.2. The van der Waals surface area contributed by atoms with Gasteiger partial charge in [0, 0.05) is 9.65 Å². The highest BCUT2D eigenvalue weighted by atomic mass is 32.1. The number of benzene rings is 1. The third-order valence-corrected chi connectivity index (χ3v) is 3.16. The zero-order chi connectivity index (χ0) is 11.4. The van der Waals surface area contributed by atoms with Gasteiger partial charge in [0.1, 0.15) is 12.4 Å². The van der Waals surface area contributed by atoms with Crippen molar-refractivity contribution >= 4 is 23.2 Å². The van der Waals surface area contributed by atoms with Crippen LogP contribution in [0.2, 0.25) is 0 Å². The lowest BCUT2D eigenvalue weighted by atomic mass is 9.90. The number of para-hydroxylation sites is 1. The smallest absolute Gasteiger partial charge is 0.488 e. The van der Waals surface area contributed by atoms with E-state index in [0.717, 1.165) is 10.6 Å². The van der Waals surface area contributed by atoms with Crippen LogP contribution in [0.25, 0.3) is 0 Å². The molecule has 3 nitrogen and oxygen atoms in total. The Morgan fingerprint density at radius 1 is 1.06 bits per heavy atom. The molecule has 2 N–H and O–H groups in total. The summed E-state index contributed by atoms with van der Waals surface area (Å²) in [6.07, 6.45) is 0. The van der Waals surface area contributed by atoms with Crippen LogP contribution in [-0.2, 0) is 6.61 Å². The van der Waals surface area contributed by atoms with Crippen LogP contribution in [0.1, 0.15) is 4.88 Å². The summed E-state index contributed by atoms with van der Waals surface area (Å²) in [7, 11) is -1.39. The molecule has 0 saturated heterocycles. The first-order valence-corrected chi connectivity index (χ1v) is 5.70. The fourth-order valence-corrected chi connectivity index (χ4v) is 2.08. The van der Waals surface area contributed by atoms with Gasteiger partial charge in [-0.3, -0.25) is 0 Å². The maximum atomic E-state index is 8.95. The Balaban J connectivity index is 1.95. The largest absolute Gasteiger partial charge is 0.499 e. The molecule has 0 saturated carbocycles. The average molecular weight is 234 g/mol. The molecule has 1 aromatic carbocycles. The first-order valence-electron chi connectivity index (χ1n) is 4.88. The SMILES string of the molecule is OB(O)c1ccc(COc2ccccc2)s1. The average Bonchev–Trinajstić information content (AvgIpc) is 2.76. The Labute approximate surface area is 98.1 Å². The lowest BCUT2D eigenvalue weighted by molar-refractivity contribution is 0.310. The Hall–Kier alpha value is -1.30. The summed E-state index contributed by atoms with van der Waals surface area (Å²) in [6, 6.07) is 13.0. The van der Waals surface area contributed by atoms with Gasteiger partial charge in [-0.05, 0) is 18.2 Å². The molecule has 0 bridgehead atoms. The highest BCUT2D eigenvalue weighted by Gasteiger charge is 2.13. The molecule has 1 aromatic heterocycles. The van der Waals surface area contributed by atoms with Crippen LogP contribution in [0.4, 0.5) is 0 Å². The highest BCUT2D eigenvalue weighted by molar-refractivity contribution is 7.22. The zero-order valence-corrected chi connectivity index (χ0v) is 9.35. The fourth-order valence-electron chi connectivity index (χ4n) is 1.28. The highest BCUT2D eigenvalue weighted by Crippen LogP contribution is 2.13. The van der Waals surface area contributed by atoms with Crippen molar-refractivity contribution in [1.82, 2.24) is 0 Å². The van der Waals surface area contributed by atoms with Crippen LogP contribution < -0.4 is 9.51 Å². The molecule has 82 valence electrons. The van der Waals surface area contributed by atoms with Crippen molar-refractivity contribution in [2.24, 2.45) is 0 Å². The molecule has 0 amide bonds. The molecule has 0 fully saturated rings. The molecule has 0 aliphatic heterocycles. The number of thiophene rings is 1. The second kappa shape index (κ2) is 5.16. The molecular weight excluding hydrogens is 223 g/mol. The minimum absolute atomic E-state index is 0.446. The molecular formula is C11H11BO3S. The van der Waals surface area contributed by atoms with E-state index < -0.39 is 7.12 Å². The van der Waals surface area contributed by atoms with Gasteiger partial charge in [-0.15, -0.1) is 11.3 Å². The van der Waals surface area contributed by atoms with Crippen LogP contribution in [0.5, 0.6) is 5.75 Å². The van der Waals surface area contributed by atoms with E-state index in [1.807, 2.05) is 36.4 Å². The van der Waals surface area contributed by atoms with E-state index >= 15 is 0 Å². The predicted molar refractivity (Wildman–Crippen MR) is 64.9 cm³/mol. The molecule has 0 unspecified atom stereocenters. The molecule has 16 heavy (non-hydrogen) atoms. The second-order valence-corrected chi connectivity index (χ2v) is 4.48. The minimum Gasteiger partial charge on any atom is -0.488 e. The van der Waals surface area contributed by atoms with E-state index in [0.29, 0.717) is 11.4 Å². The lowest BCUT2D eigenvalue weighted by Crippen LogP contribution is -2.26. The van der Waals surface area contributed by atoms with Gasteiger partial charge in [0.2, 0.25) is 0 Å². The molecule has 0 spiro atoms. The van der Waals surface area contributed by atoms with Crippen molar-refractivity contribution in [2.75, 3.05) is 0 Å². The van der Waals surface area contributed by atoms with Crippen LogP contribution in [0.15, 0.2) is 42.5 Å². The van der Waals surface area contributed by atoms with E-state index in [-0.39, 0.29) is 0 Å². The molecule has 1 heterocycles. The molecule has 2 aromatic rings. The third kappa shape index (κ3) is 2.85. The first-order chi connectivity index (χ1) is 7.75. The number of hydrogen-bond donors (Lipinski definition) is 2. The molecule has 0 radical (unpaired) electrons. The van der Waals surface area contributed by atoms with Crippen LogP contribution >= 0.6 is 11.3 Å². The topological polar surface area (TPSA) is 49.7 Å². The van der Waals surface area contributed by atoms with E-state index in [1.165, 1.54) is 11.3 Å². The van der Waals surface area contributed by atoms with Gasteiger partial charge in [-0.2, -0.15) is 0 Å². The summed E-state index contributed by atoms with van der Waals surface area (Å²) >= 11 is 1.34. The second-order valence-electron chi connectivity index (χ2n) is 3.28. The maximum Gasteiger partial charge on any atom is 0.499 e. The van der Waals surface area contributed by atoms with Gasteiger partial charge in [0.25, 0.3) is 0 Å². The van der Waals surface area contributed by atoms with Gasteiger partial charge in [0.05, 0.1) is 0 Å². The van der Waals surface area contributed by atoms with Crippen molar-refractivity contribution in [2.45, 2.75) is 6.61 Å². The van der Waals surface area contributed by atoms with E-state index in [4.69, 9.17) is 14.8 Å². The van der Waals surface area contributed by atoms with Gasteiger partial charge in [0.15, 0.2) is 0 Å². The summed E-state index contributed by atoms with van der Waals surface area (Å²) in [5.41, 5.74) is 0. The van der Waals surface area contributed by atoms with Crippen LogP contribution in [-0.4, -0.2) is 17.2 Å². The van der Waals surface area contributed by atoms with Gasteiger partial charge in [-0.25, -0.2) is 0 Å². The Morgan fingerprint density at radius 2 is 1.81 bits per heavy atom. The third-order valence-electron chi connectivity index (χ3n) is 2.06. The summed E-state index contributed by atoms with van der Waals surface area (Å²) in [5, 5.41) is 17.9. The van der Waals surface area contributed by atoms with Crippen LogP contribution in [0, 0.1) is 0 Å². The van der Waals surface area contributed by atoms with Gasteiger partial charge in [-0.1, -0.05) is 24.3 Å². The summed E-state index contributed by atoms with van der Waals surface area (Å²) in [4.78, 5) is 0.965. The van der Waals surface area contributed by atoms with Crippen LogP contribution in [0.3, 0.4) is 0 Å². The zero-order valence-electron chi connectivity index (χ0n) is 8.54. The molecule has 2 rings (SSSR count). The van der Waals surface area contributed by atoms with Gasteiger partial charge < -0.3 is 14.8 Å². The van der Waals surface area contributed by atoms with E-state index in [2.05, 4.69) is 0 Å². The van der Waals surface area contributed by atoms with Gasteiger partial charge >= 0.3 is 7.12 Å². The fraction of sp³-hybridized carbons (Fsp3) is 0.0909. The monoisotopic (exact) mass is 234 g/mol. The Bertz CT molecular complexity index is 442. The summed E-state index contributed by atoms with van der Waals surface area (Å²) in [6.45, 7) is 0.446. The van der Waals surface area contributed by atoms with E-state index in [1.54, 1.807) is 6.07 Å². The number of rotatable bonds is 4. The van der Waals surface area contributed by atoms with Crippen molar-refractivity contribution in [1.29, 1.82) is 0 Å². The lowest BCUT2D eigenvalue weighted by Gasteiger charge is -2.03. The predicted octanol–water partition coefficient (Wildman–Crippen LogP) is 1.01. The van der Waals surface area contributed by atoms with Crippen molar-refractivity contribution in [3.05, 3.63) is 47.3 Å². The molecule has 0 atom stereocenters. The van der Waals surface area contributed by atoms with Crippen molar-refractivity contribution in [3.63, 3.8) is 0 Å². The maximum absolute atomic E-state index is 8.95. The quantitative estimate of drug-likeness (QED) is 0.776. The Morgan fingerprint density at radius 3 is 2.44 bits per heavy atom. The standard InChI is InChI=1S/C11H11BO3S/c13-12(14)11-7-6-10(16-11)8-15-9-4-2-1-3-5-9/h1-7,13-14H,8H2. The summed E-state index contributed by atoms with van der Waals surface area (Å²) in [5.74, 6) is 0.807. The molecule has 0 aliphatic rings. The van der Waals surface area contributed by atoms with Crippen molar-refractivity contribution in [3.8, 4) is 5.75 Å². The van der Waals surface area contributed by atoms with E-state index in [9.17, 15) is 0 Å². The normalized spacial score (nSPS) is 10.1. The Kier molecular flexibility index (Phi) is 3.61. The number of hydrogen-bond acceptors (Lipinski definition) is 4. The van der Waals surface area contributed by atoms with Crippen molar-refractivity contribution < 1.29 is 14.8 Å².